The first-order valence-electron chi connectivity index (χ1n) is 5.45. The summed E-state index contributed by atoms with van der Waals surface area (Å²) in [6.07, 6.45) is 3.93. The van der Waals surface area contributed by atoms with Crippen molar-refractivity contribution in [3.8, 4) is 0 Å². The van der Waals surface area contributed by atoms with E-state index in [-0.39, 0.29) is 0 Å². The molecule has 0 bridgehead atoms. The van der Waals surface area contributed by atoms with E-state index in [1.54, 1.807) is 0 Å². The van der Waals surface area contributed by atoms with Crippen LogP contribution in [0.1, 0.15) is 40.0 Å². The predicted molar refractivity (Wildman–Crippen MR) is 55.6 cm³/mol. The zero-order chi connectivity index (χ0) is 9.69. The fraction of sp³-hybridized carbons (Fsp3) is 1.00. The van der Waals surface area contributed by atoms with Crippen LogP contribution < -0.4 is 5.73 Å². The molecule has 2 rings (SSSR count). The number of rotatable bonds is 0. The van der Waals surface area contributed by atoms with Crippen molar-refractivity contribution in [2.75, 3.05) is 13.1 Å². The summed E-state index contributed by atoms with van der Waals surface area (Å²) < 4.78 is 0. The molecule has 13 heavy (non-hydrogen) atoms. The Hall–Kier alpha value is -0.0800. The van der Waals surface area contributed by atoms with Gasteiger partial charge in [-0.1, -0.05) is 0 Å². The first kappa shape index (κ1) is 9.47. The average molecular weight is 182 g/mol. The van der Waals surface area contributed by atoms with Gasteiger partial charge in [-0.2, -0.15) is 0 Å². The van der Waals surface area contributed by atoms with E-state index in [2.05, 4.69) is 25.7 Å². The van der Waals surface area contributed by atoms with Crippen LogP contribution in [0.4, 0.5) is 0 Å². The fourth-order valence-corrected chi connectivity index (χ4v) is 2.69. The van der Waals surface area contributed by atoms with Crippen LogP contribution in [0.25, 0.3) is 0 Å². The molecule has 1 heterocycles. The number of hydrogen-bond donors (Lipinski definition) is 1. The van der Waals surface area contributed by atoms with E-state index in [0.717, 1.165) is 0 Å². The van der Waals surface area contributed by atoms with E-state index < -0.39 is 0 Å². The topological polar surface area (TPSA) is 29.3 Å². The molecule has 1 spiro atoms. The van der Waals surface area contributed by atoms with Crippen LogP contribution in [0.15, 0.2) is 0 Å². The highest BCUT2D eigenvalue weighted by Crippen LogP contribution is 2.48. The molecule has 1 saturated carbocycles. The van der Waals surface area contributed by atoms with Crippen LogP contribution >= 0.6 is 0 Å². The first-order valence-corrected chi connectivity index (χ1v) is 5.45. The van der Waals surface area contributed by atoms with E-state index in [0.29, 0.717) is 17.0 Å². The summed E-state index contributed by atoms with van der Waals surface area (Å²) in [4.78, 5) is 2.59. The highest BCUT2D eigenvalue weighted by Gasteiger charge is 2.50. The Morgan fingerprint density at radius 3 is 2.23 bits per heavy atom. The van der Waals surface area contributed by atoms with Gasteiger partial charge in [0.15, 0.2) is 0 Å². The van der Waals surface area contributed by atoms with Gasteiger partial charge >= 0.3 is 0 Å². The molecule has 0 aromatic rings. The predicted octanol–water partition coefficient (Wildman–Crippen LogP) is 1.60. The highest BCUT2D eigenvalue weighted by molar-refractivity contribution is 5.05. The van der Waals surface area contributed by atoms with Crippen molar-refractivity contribution in [3.05, 3.63) is 0 Å². The van der Waals surface area contributed by atoms with Crippen molar-refractivity contribution in [1.29, 1.82) is 0 Å². The lowest BCUT2D eigenvalue weighted by Gasteiger charge is -2.46. The SMILES string of the molecule is CC(C)(C)N1CC[C@]2(CC[C@@H]2N)C1. The van der Waals surface area contributed by atoms with Gasteiger partial charge in [0.2, 0.25) is 0 Å². The van der Waals surface area contributed by atoms with Gasteiger partial charge in [0.05, 0.1) is 0 Å². The molecule has 0 aromatic heterocycles. The number of hydrogen-bond acceptors (Lipinski definition) is 2. The van der Waals surface area contributed by atoms with Crippen molar-refractivity contribution in [3.63, 3.8) is 0 Å². The van der Waals surface area contributed by atoms with Gasteiger partial charge in [-0.05, 0) is 52.0 Å². The van der Waals surface area contributed by atoms with Crippen LogP contribution in [-0.2, 0) is 0 Å². The van der Waals surface area contributed by atoms with Gasteiger partial charge < -0.3 is 5.73 Å². The second kappa shape index (κ2) is 2.71. The molecule has 0 aromatic carbocycles. The summed E-state index contributed by atoms with van der Waals surface area (Å²) >= 11 is 0. The summed E-state index contributed by atoms with van der Waals surface area (Å²) in [5, 5.41) is 0. The third kappa shape index (κ3) is 1.40. The van der Waals surface area contributed by atoms with Gasteiger partial charge in [0.1, 0.15) is 0 Å². The molecule has 76 valence electrons. The minimum Gasteiger partial charge on any atom is -0.327 e. The van der Waals surface area contributed by atoms with Crippen LogP contribution in [-0.4, -0.2) is 29.6 Å². The summed E-state index contributed by atoms with van der Waals surface area (Å²) in [5.41, 5.74) is 6.94. The van der Waals surface area contributed by atoms with Gasteiger partial charge in [-0.25, -0.2) is 0 Å². The first-order chi connectivity index (χ1) is 5.94. The Kier molecular flexibility index (Phi) is 1.97. The van der Waals surface area contributed by atoms with Gasteiger partial charge in [0, 0.05) is 18.1 Å². The molecule has 2 nitrogen and oxygen atoms in total. The lowest BCUT2D eigenvalue weighted by Crippen LogP contribution is -2.53. The molecule has 2 fully saturated rings. The molecular weight excluding hydrogens is 160 g/mol. The van der Waals surface area contributed by atoms with Gasteiger partial charge in [-0.15, -0.1) is 0 Å². The second-order valence-electron chi connectivity index (χ2n) is 5.85. The Morgan fingerprint density at radius 2 is 2.00 bits per heavy atom. The van der Waals surface area contributed by atoms with Crippen molar-refractivity contribution in [2.24, 2.45) is 11.1 Å². The molecule has 0 radical (unpaired) electrons. The standard InChI is InChI=1S/C11H22N2/c1-10(2,3)13-7-6-11(8-13)5-4-9(11)12/h9H,4-8,12H2,1-3H3/t9-,11+/m0/s1. The third-order valence-corrected chi connectivity index (χ3v) is 4.07. The molecule has 1 saturated heterocycles. The quantitative estimate of drug-likeness (QED) is 0.616. The monoisotopic (exact) mass is 182 g/mol. The Bertz CT molecular complexity index is 207. The van der Waals surface area contributed by atoms with E-state index >= 15 is 0 Å². The Labute approximate surface area is 81.5 Å². The highest BCUT2D eigenvalue weighted by atomic mass is 15.2. The number of nitrogens with zero attached hydrogens (tertiary/aromatic N) is 1. The summed E-state index contributed by atoms with van der Waals surface area (Å²) in [7, 11) is 0. The summed E-state index contributed by atoms with van der Waals surface area (Å²) in [5.74, 6) is 0. The van der Waals surface area contributed by atoms with Crippen LogP contribution in [0.3, 0.4) is 0 Å². The normalized spacial score (nSPS) is 41.1. The van der Waals surface area contributed by atoms with Crippen LogP contribution in [0, 0.1) is 5.41 Å². The van der Waals surface area contributed by atoms with E-state index in [1.165, 1.54) is 32.4 Å². The minimum absolute atomic E-state index is 0.332. The zero-order valence-corrected chi connectivity index (χ0v) is 9.14. The van der Waals surface area contributed by atoms with Gasteiger partial charge in [-0.3, -0.25) is 4.90 Å². The van der Waals surface area contributed by atoms with Crippen LogP contribution in [0.5, 0.6) is 0 Å². The lowest BCUT2D eigenvalue weighted by molar-refractivity contribution is 0.0765. The van der Waals surface area contributed by atoms with Gasteiger partial charge in [0.25, 0.3) is 0 Å². The maximum atomic E-state index is 6.10. The van der Waals surface area contributed by atoms with E-state index in [9.17, 15) is 0 Å². The van der Waals surface area contributed by atoms with Crippen molar-refractivity contribution >= 4 is 0 Å². The maximum absolute atomic E-state index is 6.10. The summed E-state index contributed by atoms with van der Waals surface area (Å²) in [6.45, 7) is 9.39. The largest absolute Gasteiger partial charge is 0.327 e. The fourth-order valence-electron chi connectivity index (χ4n) is 2.69. The zero-order valence-electron chi connectivity index (χ0n) is 9.14. The third-order valence-electron chi connectivity index (χ3n) is 4.07. The Balaban J connectivity index is 2.02. The molecule has 0 unspecified atom stereocenters. The molecule has 0 amide bonds. The average Bonchev–Trinajstić information content (AvgIpc) is 2.47. The van der Waals surface area contributed by atoms with Crippen molar-refractivity contribution < 1.29 is 0 Å². The molecule has 1 aliphatic carbocycles. The molecule has 2 aliphatic rings. The molecule has 2 atom stereocenters. The molecule has 2 N–H and O–H groups in total. The van der Waals surface area contributed by atoms with E-state index in [4.69, 9.17) is 5.73 Å². The number of likely N-dealkylation sites (tertiary alicyclic amines) is 1. The molecule has 2 heteroatoms. The second-order valence-corrected chi connectivity index (χ2v) is 5.85. The number of nitrogens with two attached hydrogens (primary N) is 1. The van der Waals surface area contributed by atoms with Crippen molar-refractivity contribution in [1.82, 2.24) is 4.90 Å². The summed E-state index contributed by atoms with van der Waals surface area (Å²) in [6, 6.07) is 0.486. The Morgan fingerprint density at radius 1 is 1.31 bits per heavy atom. The van der Waals surface area contributed by atoms with Crippen LogP contribution in [0.2, 0.25) is 0 Å². The smallest absolute Gasteiger partial charge is 0.0125 e. The maximum Gasteiger partial charge on any atom is 0.0125 e. The molecular formula is C11H22N2. The minimum atomic E-state index is 0.332. The molecule has 1 aliphatic heterocycles. The van der Waals surface area contributed by atoms with E-state index in [1.807, 2.05) is 0 Å². The van der Waals surface area contributed by atoms with Crippen molar-refractivity contribution in [2.45, 2.75) is 51.6 Å². The lowest BCUT2D eigenvalue weighted by atomic mass is 9.64.